The van der Waals surface area contributed by atoms with Gasteiger partial charge in [0.15, 0.2) is 0 Å². The Hall–Kier alpha value is -1.07. The van der Waals surface area contributed by atoms with Gasteiger partial charge in [0.2, 0.25) is 0 Å². The number of hydrogen-bond acceptors (Lipinski definition) is 3. The topological polar surface area (TPSA) is 52.6 Å². The van der Waals surface area contributed by atoms with Gasteiger partial charge in [0.25, 0.3) is 5.91 Å². The van der Waals surface area contributed by atoms with Gasteiger partial charge in [-0.2, -0.15) is 0 Å². The van der Waals surface area contributed by atoms with Crippen LogP contribution in [0.25, 0.3) is 0 Å². The molecule has 1 fully saturated rings. The summed E-state index contributed by atoms with van der Waals surface area (Å²) in [6.07, 6.45) is 2.50. The number of hydrogen-bond donors (Lipinski definition) is 2. The van der Waals surface area contributed by atoms with Crippen LogP contribution >= 0.6 is 15.9 Å². The van der Waals surface area contributed by atoms with Gasteiger partial charge < -0.3 is 15.3 Å². The largest absolute Gasteiger partial charge is 0.507 e. The van der Waals surface area contributed by atoms with E-state index in [0.29, 0.717) is 10.0 Å². The van der Waals surface area contributed by atoms with Crippen LogP contribution in [0.1, 0.15) is 30.1 Å². The van der Waals surface area contributed by atoms with Crippen LogP contribution in [0.15, 0.2) is 22.7 Å². The summed E-state index contributed by atoms with van der Waals surface area (Å²) < 4.78 is 0.592. The lowest BCUT2D eigenvalue weighted by Crippen LogP contribution is -2.41. The smallest absolute Gasteiger partial charge is 0.251 e. The number of carbonyl (C=O) groups is 1. The highest BCUT2D eigenvalue weighted by Gasteiger charge is 2.17. The molecule has 2 rings (SSSR count). The van der Waals surface area contributed by atoms with Crippen LogP contribution in [0.3, 0.4) is 0 Å². The average Bonchev–Trinajstić information content (AvgIpc) is 2.85. The number of aromatic hydroxyl groups is 1. The van der Waals surface area contributed by atoms with Crippen molar-refractivity contribution < 1.29 is 9.90 Å². The predicted molar refractivity (Wildman–Crippen MR) is 78.4 cm³/mol. The molecular formula is C14H19BrN2O2. The number of benzene rings is 1. The van der Waals surface area contributed by atoms with Crippen LogP contribution in [0, 0.1) is 0 Å². The van der Waals surface area contributed by atoms with Crippen LogP contribution in [0.4, 0.5) is 0 Å². The lowest BCUT2D eigenvalue weighted by atomic mass is 10.2. The second-order valence-electron chi connectivity index (χ2n) is 5.05. The molecule has 2 N–H and O–H groups in total. The van der Waals surface area contributed by atoms with Crippen LogP contribution in [-0.2, 0) is 0 Å². The van der Waals surface area contributed by atoms with Crippen molar-refractivity contribution in [2.75, 3.05) is 19.6 Å². The molecule has 0 spiro atoms. The van der Waals surface area contributed by atoms with Crippen molar-refractivity contribution in [2.24, 2.45) is 0 Å². The second-order valence-corrected chi connectivity index (χ2v) is 5.90. The second kappa shape index (κ2) is 6.39. The first-order valence-corrected chi connectivity index (χ1v) is 7.37. The molecule has 1 saturated heterocycles. The summed E-state index contributed by atoms with van der Waals surface area (Å²) in [5.41, 5.74) is 0.481. The monoisotopic (exact) mass is 326 g/mol. The third-order valence-corrected chi connectivity index (χ3v) is 3.99. The molecule has 1 aromatic carbocycles. The van der Waals surface area contributed by atoms with Crippen molar-refractivity contribution in [1.82, 2.24) is 10.2 Å². The third-order valence-electron chi connectivity index (χ3n) is 3.32. The average molecular weight is 327 g/mol. The molecule has 4 nitrogen and oxygen atoms in total. The van der Waals surface area contributed by atoms with E-state index in [4.69, 9.17) is 0 Å². The number of halogens is 1. The zero-order valence-corrected chi connectivity index (χ0v) is 12.6. The molecule has 1 amide bonds. The zero-order chi connectivity index (χ0) is 13.8. The normalized spacial score (nSPS) is 17.4. The maximum absolute atomic E-state index is 12.0. The molecule has 1 aliphatic rings. The Labute approximate surface area is 121 Å². The highest BCUT2D eigenvalue weighted by Crippen LogP contribution is 2.24. The summed E-state index contributed by atoms with van der Waals surface area (Å²) in [4.78, 5) is 14.4. The van der Waals surface area contributed by atoms with E-state index in [9.17, 15) is 9.90 Å². The summed E-state index contributed by atoms with van der Waals surface area (Å²) in [5.74, 6) is -0.0608. The fourth-order valence-electron chi connectivity index (χ4n) is 2.36. The van der Waals surface area contributed by atoms with Crippen molar-refractivity contribution in [3.8, 4) is 5.75 Å². The van der Waals surface area contributed by atoms with Crippen LogP contribution in [-0.4, -0.2) is 41.6 Å². The lowest BCUT2D eigenvalue weighted by molar-refractivity contribution is 0.0931. The maximum atomic E-state index is 12.0. The molecule has 0 saturated carbocycles. The number of amides is 1. The number of phenolic OH excluding ortho intramolecular Hbond substituents is 1. The molecule has 5 heteroatoms. The van der Waals surface area contributed by atoms with Crippen molar-refractivity contribution in [3.63, 3.8) is 0 Å². The van der Waals surface area contributed by atoms with Crippen molar-refractivity contribution in [1.29, 1.82) is 0 Å². The fourth-order valence-corrected chi connectivity index (χ4v) is 2.61. The molecule has 1 aliphatic heterocycles. The molecule has 0 bridgehead atoms. The van der Waals surface area contributed by atoms with Gasteiger partial charge in [-0.25, -0.2) is 0 Å². The van der Waals surface area contributed by atoms with E-state index < -0.39 is 0 Å². The molecule has 0 aromatic heterocycles. The molecule has 1 aromatic rings. The SMILES string of the molecule is CC(CN1CCCC1)NC(=O)c1ccc(Br)c(O)c1. The van der Waals surface area contributed by atoms with Gasteiger partial charge >= 0.3 is 0 Å². The zero-order valence-electron chi connectivity index (χ0n) is 11.0. The maximum Gasteiger partial charge on any atom is 0.251 e. The number of likely N-dealkylation sites (tertiary alicyclic amines) is 1. The minimum absolute atomic E-state index is 0.0832. The number of nitrogens with zero attached hydrogens (tertiary/aromatic N) is 1. The quantitative estimate of drug-likeness (QED) is 0.893. The summed E-state index contributed by atoms with van der Waals surface area (Å²) >= 11 is 3.20. The number of nitrogens with one attached hydrogen (secondary N) is 1. The highest BCUT2D eigenvalue weighted by molar-refractivity contribution is 9.10. The van der Waals surface area contributed by atoms with Crippen molar-refractivity contribution in [3.05, 3.63) is 28.2 Å². The molecule has 1 atom stereocenters. The summed E-state index contributed by atoms with van der Waals surface area (Å²) in [6.45, 7) is 5.14. The van der Waals surface area contributed by atoms with Gasteiger partial charge in [-0.3, -0.25) is 4.79 Å². The summed E-state index contributed by atoms with van der Waals surface area (Å²) in [7, 11) is 0. The van der Waals surface area contributed by atoms with Crippen molar-refractivity contribution in [2.45, 2.75) is 25.8 Å². The minimum Gasteiger partial charge on any atom is -0.507 e. The lowest BCUT2D eigenvalue weighted by Gasteiger charge is -2.21. The third kappa shape index (κ3) is 3.94. The summed E-state index contributed by atoms with van der Waals surface area (Å²) in [5, 5.41) is 12.5. The van der Waals surface area contributed by atoms with Gasteiger partial charge in [-0.1, -0.05) is 0 Å². The molecular weight excluding hydrogens is 308 g/mol. The van der Waals surface area contributed by atoms with Gasteiger partial charge in [0, 0.05) is 18.2 Å². The molecule has 0 aliphatic carbocycles. The number of phenols is 1. The number of carbonyl (C=O) groups excluding carboxylic acids is 1. The van der Waals surface area contributed by atoms with E-state index in [1.807, 2.05) is 6.92 Å². The van der Waals surface area contributed by atoms with E-state index in [1.165, 1.54) is 18.9 Å². The summed E-state index contributed by atoms with van der Waals surface area (Å²) in [6, 6.07) is 4.95. The molecule has 1 heterocycles. The van der Waals surface area contributed by atoms with E-state index >= 15 is 0 Å². The predicted octanol–water partition coefficient (Wildman–Crippen LogP) is 2.37. The minimum atomic E-state index is -0.144. The van der Waals surface area contributed by atoms with E-state index in [1.54, 1.807) is 12.1 Å². The van der Waals surface area contributed by atoms with Crippen LogP contribution < -0.4 is 5.32 Å². The Balaban J connectivity index is 1.90. The first kappa shape index (κ1) is 14.3. The Morgan fingerprint density at radius 1 is 1.47 bits per heavy atom. The van der Waals surface area contributed by atoms with E-state index in [0.717, 1.165) is 19.6 Å². The van der Waals surface area contributed by atoms with Gasteiger partial charge in [-0.05, 0) is 67.0 Å². The molecule has 104 valence electrons. The first-order valence-electron chi connectivity index (χ1n) is 6.58. The standard InChI is InChI=1S/C14H19BrN2O2/c1-10(9-17-6-2-3-7-17)16-14(19)11-4-5-12(15)13(18)8-11/h4-5,8,10,18H,2-3,6-7,9H2,1H3,(H,16,19). The Morgan fingerprint density at radius 2 is 2.16 bits per heavy atom. The first-order chi connectivity index (χ1) is 9.06. The molecule has 1 unspecified atom stereocenters. The van der Waals surface area contributed by atoms with Gasteiger partial charge in [0.1, 0.15) is 5.75 Å². The van der Waals surface area contributed by atoms with Gasteiger partial charge in [0.05, 0.1) is 4.47 Å². The molecule has 19 heavy (non-hydrogen) atoms. The fraction of sp³-hybridized carbons (Fsp3) is 0.500. The van der Waals surface area contributed by atoms with Crippen LogP contribution in [0.5, 0.6) is 5.75 Å². The van der Waals surface area contributed by atoms with Crippen molar-refractivity contribution >= 4 is 21.8 Å². The van der Waals surface area contributed by atoms with Gasteiger partial charge in [-0.15, -0.1) is 0 Å². The Bertz CT molecular complexity index is 459. The molecule has 0 radical (unpaired) electrons. The number of rotatable bonds is 4. The van der Waals surface area contributed by atoms with Crippen LogP contribution in [0.2, 0.25) is 0 Å². The Kier molecular flexibility index (Phi) is 4.82. The van der Waals surface area contributed by atoms with E-state index in [-0.39, 0.29) is 17.7 Å². The highest BCUT2D eigenvalue weighted by atomic mass is 79.9. The Morgan fingerprint density at radius 3 is 2.79 bits per heavy atom. The van der Waals surface area contributed by atoms with E-state index in [2.05, 4.69) is 26.1 Å².